The number of benzene rings is 1. The average molecular weight is 348 g/mol. The molecule has 1 fully saturated rings. The summed E-state index contributed by atoms with van der Waals surface area (Å²) < 4.78 is 24.6. The minimum atomic E-state index is -3.09. The van der Waals surface area contributed by atoms with Crippen LogP contribution in [0.1, 0.15) is 24.4 Å². The summed E-state index contributed by atoms with van der Waals surface area (Å²) in [5.74, 6) is 0.0442. The van der Waals surface area contributed by atoms with E-state index < -0.39 is 10.0 Å². The van der Waals surface area contributed by atoms with Crippen molar-refractivity contribution in [1.82, 2.24) is 9.62 Å². The van der Waals surface area contributed by atoms with Gasteiger partial charge in [0, 0.05) is 32.1 Å². The molecule has 124 valence electrons. The molecular weight excluding hydrogens is 326 g/mol. The summed E-state index contributed by atoms with van der Waals surface area (Å²) >= 11 is 0. The van der Waals surface area contributed by atoms with Gasteiger partial charge in [-0.25, -0.2) is 12.7 Å². The molecule has 1 aliphatic rings. The van der Waals surface area contributed by atoms with Gasteiger partial charge in [0.25, 0.3) is 0 Å². The highest BCUT2D eigenvalue weighted by molar-refractivity contribution is 7.89. The summed E-state index contributed by atoms with van der Waals surface area (Å²) in [5, 5.41) is 2.72. The number of nitrogens with one attached hydrogen (secondary N) is 1. The molecule has 1 saturated heterocycles. The second-order valence-corrected chi connectivity index (χ2v) is 7.23. The van der Waals surface area contributed by atoms with E-state index in [1.165, 1.54) is 4.31 Å². The predicted molar refractivity (Wildman–Crippen MR) is 88.2 cm³/mol. The predicted octanol–water partition coefficient (Wildman–Crippen LogP) is 0.650. The van der Waals surface area contributed by atoms with Gasteiger partial charge in [0.15, 0.2) is 0 Å². The molecule has 1 aromatic carbocycles. The number of nitrogens with zero attached hydrogens (tertiary/aromatic N) is 1. The fourth-order valence-electron chi connectivity index (χ4n) is 2.35. The molecule has 1 atom stereocenters. The molecule has 8 heteroatoms. The Morgan fingerprint density at radius 1 is 1.32 bits per heavy atom. The van der Waals surface area contributed by atoms with Gasteiger partial charge in [0.05, 0.1) is 5.75 Å². The summed E-state index contributed by atoms with van der Waals surface area (Å²) in [5.41, 5.74) is 6.88. The van der Waals surface area contributed by atoms with E-state index in [9.17, 15) is 13.2 Å². The normalized spacial score (nSPS) is 18.4. The second-order valence-electron chi connectivity index (χ2n) is 5.14. The molecule has 2 rings (SSSR count). The minimum absolute atomic E-state index is 0. The number of sulfonamides is 1. The van der Waals surface area contributed by atoms with Gasteiger partial charge in [-0.3, -0.25) is 4.79 Å². The molecule has 0 aromatic heterocycles. The maximum atomic E-state index is 11.8. The monoisotopic (exact) mass is 347 g/mol. The van der Waals surface area contributed by atoms with Crippen molar-refractivity contribution >= 4 is 28.3 Å². The van der Waals surface area contributed by atoms with Crippen LogP contribution in [0.2, 0.25) is 0 Å². The van der Waals surface area contributed by atoms with Gasteiger partial charge in [-0.05, 0) is 12.0 Å². The first-order chi connectivity index (χ1) is 9.99. The second kappa shape index (κ2) is 8.47. The molecule has 0 spiro atoms. The molecule has 1 heterocycles. The Balaban J connectivity index is 0.00000242. The van der Waals surface area contributed by atoms with Crippen molar-refractivity contribution in [2.75, 3.05) is 25.4 Å². The summed E-state index contributed by atoms with van der Waals surface area (Å²) in [6, 6.07) is 9.08. The number of carbonyl (C=O) groups is 1. The van der Waals surface area contributed by atoms with Crippen LogP contribution >= 0.6 is 12.4 Å². The molecule has 1 unspecified atom stereocenters. The van der Waals surface area contributed by atoms with E-state index in [0.717, 1.165) is 5.56 Å². The fraction of sp³-hybridized carbons (Fsp3) is 0.500. The molecule has 0 bridgehead atoms. The summed E-state index contributed by atoms with van der Waals surface area (Å²) in [6.45, 7) is 1.19. The Bertz CT molecular complexity index is 580. The lowest BCUT2D eigenvalue weighted by Gasteiger charge is -2.15. The van der Waals surface area contributed by atoms with Crippen LogP contribution in [-0.4, -0.2) is 44.0 Å². The van der Waals surface area contributed by atoms with E-state index in [0.29, 0.717) is 26.1 Å². The average Bonchev–Trinajstić information content (AvgIpc) is 2.79. The SMILES string of the molecule is Cl.NC(CC(=O)NCCN1CCCS1(=O)=O)c1ccccc1. The number of amides is 1. The van der Waals surface area contributed by atoms with Crippen LogP contribution in [-0.2, 0) is 14.8 Å². The zero-order valence-corrected chi connectivity index (χ0v) is 13.9. The first kappa shape index (κ1) is 18.9. The molecule has 1 aromatic rings. The van der Waals surface area contributed by atoms with E-state index in [1.807, 2.05) is 30.3 Å². The van der Waals surface area contributed by atoms with Crippen molar-refractivity contribution in [1.29, 1.82) is 0 Å². The summed E-state index contributed by atoms with van der Waals surface area (Å²) in [7, 11) is -3.09. The molecule has 0 saturated carbocycles. The van der Waals surface area contributed by atoms with Crippen LogP contribution in [0, 0.1) is 0 Å². The number of rotatable bonds is 6. The number of nitrogens with two attached hydrogens (primary N) is 1. The minimum Gasteiger partial charge on any atom is -0.355 e. The Kier molecular flexibility index (Phi) is 7.28. The maximum absolute atomic E-state index is 11.8. The topological polar surface area (TPSA) is 92.5 Å². The first-order valence-electron chi connectivity index (χ1n) is 7.04. The van der Waals surface area contributed by atoms with Crippen LogP contribution in [0.5, 0.6) is 0 Å². The molecule has 0 aliphatic carbocycles. The molecule has 1 aliphatic heterocycles. The lowest BCUT2D eigenvalue weighted by Crippen LogP contribution is -2.36. The quantitative estimate of drug-likeness (QED) is 0.790. The van der Waals surface area contributed by atoms with Crippen molar-refractivity contribution in [3.05, 3.63) is 35.9 Å². The summed E-state index contributed by atoms with van der Waals surface area (Å²) in [4.78, 5) is 11.8. The zero-order chi connectivity index (χ0) is 15.3. The largest absolute Gasteiger partial charge is 0.355 e. The summed E-state index contributed by atoms with van der Waals surface area (Å²) in [6.07, 6.45) is 0.853. The van der Waals surface area contributed by atoms with E-state index in [-0.39, 0.29) is 36.5 Å². The van der Waals surface area contributed by atoms with Gasteiger partial charge in [0.2, 0.25) is 15.9 Å². The highest BCUT2D eigenvalue weighted by Crippen LogP contribution is 2.13. The first-order valence-corrected chi connectivity index (χ1v) is 8.65. The molecule has 0 radical (unpaired) electrons. The number of hydrogen-bond donors (Lipinski definition) is 2. The Labute approximate surface area is 137 Å². The van der Waals surface area contributed by atoms with Gasteiger partial charge in [-0.15, -0.1) is 12.4 Å². The lowest BCUT2D eigenvalue weighted by atomic mass is 10.0. The van der Waals surface area contributed by atoms with E-state index in [1.54, 1.807) is 0 Å². The van der Waals surface area contributed by atoms with Gasteiger partial charge < -0.3 is 11.1 Å². The van der Waals surface area contributed by atoms with E-state index in [4.69, 9.17) is 5.73 Å². The lowest BCUT2D eigenvalue weighted by molar-refractivity contribution is -0.121. The third kappa shape index (κ3) is 5.24. The Morgan fingerprint density at radius 3 is 2.59 bits per heavy atom. The van der Waals surface area contributed by atoms with Crippen molar-refractivity contribution in [2.24, 2.45) is 5.73 Å². The molecule has 3 N–H and O–H groups in total. The molecule has 6 nitrogen and oxygen atoms in total. The molecule has 1 amide bonds. The number of halogens is 1. The van der Waals surface area contributed by atoms with Crippen LogP contribution < -0.4 is 11.1 Å². The molecule has 22 heavy (non-hydrogen) atoms. The van der Waals surface area contributed by atoms with E-state index in [2.05, 4.69) is 5.32 Å². The van der Waals surface area contributed by atoms with Crippen molar-refractivity contribution in [3.8, 4) is 0 Å². The van der Waals surface area contributed by atoms with Crippen molar-refractivity contribution in [2.45, 2.75) is 18.9 Å². The highest BCUT2D eigenvalue weighted by Gasteiger charge is 2.27. The van der Waals surface area contributed by atoms with E-state index >= 15 is 0 Å². The zero-order valence-electron chi connectivity index (χ0n) is 12.3. The highest BCUT2D eigenvalue weighted by atomic mass is 35.5. The smallest absolute Gasteiger partial charge is 0.221 e. The third-order valence-electron chi connectivity index (χ3n) is 3.52. The van der Waals surface area contributed by atoms with Crippen LogP contribution in [0.4, 0.5) is 0 Å². The third-order valence-corrected chi connectivity index (χ3v) is 5.48. The van der Waals surface area contributed by atoms with Gasteiger partial charge in [0.1, 0.15) is 0 Å². The molecular formula is C14H22ClN3O3S. The van der Waals surface area contributed by atoms with Gasteiger partial charge in [-0.1, -0.05) is 30.3 Å². The Morgan fingerprint density at radius 2 is 2.00 bits per heavy atom. The van der Waals surface area contributed by atoms with Crippen LogP contribution in [0.15, 0.2) is 30.3 Å². The number of carbonyl (C=O) groups excluding carboxylic acids is 1. The van der Waals surface area contributed by atoms with Crippen LogP contribution in [0.25, 0.3) is 0 Å². The number of hydrogen-bond acceptors (Lipinski definition) is 4. The van der Waals surface area contributed by atoms with Crippen molar-refractivity contribution in [3.63, 3.8) is 0 Å². The maximum Gasteiger partial charge on any atom is 0.221 e. The van der Waals surface area contributed by atoms with Crippen LogP contribution in [0.3, 0.4) is 0 Å². The standard InChI is InChI=1S/C14H21N3O3S.ClH/c15-13(12-5-2-1-3-6-12)11-14(18)16-7-9-17-8-4-10-21(17,19)20;/h1-3,5-6,13H,4,7-11,15H2,(H,16,18);1H. The fourth-order valence-corrected chi connectivity index (χ4v) is 3.88. The van der Waals surface area contributed by atoms with Gasteiger partial charge in [-0.2, -0.15) is 0 Å². The van der Waals surface area contributed by atoms with Crippen molar-refractivity contribution < 1.29 is 13.2 Å². The van der Waals surface area contributed by atoms with Gasteiger partial charge >= 0.3 is 0 Å². The Hall–Kier alpha value is -1.15.